The molecule has 6 heteroatoms. The van der Waals surface area contributed by atoms with Crippen molar-refractivity contribution in [3.8, 4) is 5.75 Å². The van der Waals surface area contributed by atoms with Crippen LogP contribution in [0.3, 0.4) is 0 Å². The first kappa shape index (κ1) is 14.1. The molecule has 0 radical (unpaired) electrons. The van der Waals surface area contributed by atoms with Crippen molar-refractivity contribution in [2.45, 2.75) is 0 Å². The Balaban J connectivity index is 2.09. The quantitative estimate of drug-likeness (QED) is 0.875. The second-order valence-corrected chi connectivity index (χ2v) is 4.53. The molecule has 0 saturated heterocycles. The summed E-state index contributed by atoms with van der Waals surface area (Å²) < 4.78 is 5.45. The fraction of sp³-hybridized carbons (Fsp3) is 0.143. The average Bonchev–Trinajstić information content (AvgIpc) is 2.45. The summed E-state index contributed by atoms with van der Waals surface area (Å²) in [4.78, 5) is 22.0. The lowest BCUT2D eigenvalue weighted by molar-refractivity contribution is -0.126. The molecule has 2 amide bonds. The largest absolute Gasteiger partial charge is 0.483 e. The van der Waals surface area contributed by atoms with Crippen molar-refractivity contribution < 1.29 is 14.3 Å². The number of nitrogens with two attached hydrogens (primary N) is 1. The Labute approximate surface area is 120 Å². The molecular weight excluding hydrogens is 280 g/mol. The molecular formula is C14H13ClN2O3. The van der Waals surface area contributed by atoms with Crippen LogP contribution >= 0.6 is 11.6 Å². The monoisotopic (exact) mass is 292 g/mol. The number of fused-ring (bicyclic) bond motifs is 1. The summed E-state index contributed by atoms with van der Waals surface area (Å²) in [6.45, 7) is -0.400. The molecule has 5 nitrogen and oxygen atoms in total. The number of hydrogen-bond donors (Lipinski definition) is 2. The minimum atomic E-state index is -0.602. The molecule has 20 heavy (non-hydrogen) atoms. The van der Waals surface area contributed by atoms with E-state index in [2.05, 4.69) is 5.32 Å². The van der Waals surface area contributed by atoms with E-state index in [4.69, 9.17) is 22.1 Å². The van der Waals surface area contributed by atoms with Crippen molar-refractivity contribution in [1.82, 2.24) is 5.32 Å². The van der Waals surface area contributed by atoms with E-state index in [0.717, 1.165) is 10.8 Å². The van der Waals surface area contributed by atoms with Gasteiger partial charge in [0.2, 0.25) is 5.91 Å². The molecule has 0 fully saturated rings. The predicted octanol–water partition coefficient (Wildman–Crippen LogP) is 1.47. The second-order valence-electron chi connectivity index (χ2n) is 4.12. The number of benzene rings is 2. The number of nitrogens with one attached hydrogen (secondary N) is 1. The first-order valence-electron chi connectivity index (χ1n) is 5.93. The van der Waals surface area contributed by atoms with E-state index in [1.165, 1.54) is 0 Å². The Hall–Kier alpha value is -2.27. The van der Waals surface area contributed by atoms with Crippen molar-refractivity contribution in [3.05, 3.63) is 41.4 Å². The van der Waals surface area contributed by atoms with Gasteiger partial charge in [-0.15, -0.1) is 0 Å². The van der Waals surface area contributed by atoms with Gasteiger partial charge in [-0.05, 0) is 12.1 Å². The summed E-state index contributed by atoms with van der Waals surface area (Å²) in [7, 11) is 0. The lowest BCUT2D eigenvalue weighted by atomic mass is 10.1. The normalized spacial score (nSPS) is 10.2. The van der Waals surface area contributed by atoms with Gasteiger partial charge in [0.05, 0.1) is 6.54 Å². The highest BCUT2D eigenvalue weighted by Crippen LogP contribution is 2.31. The van der Waals surface area contributed by atoms with Gasteiger partial charge in [-0.2, -0.15) is 0 Å². The van der Waals surface area contributed by atoms with Crippen LogP contribution < -0.4 is 15.8 Å². The molecule has 3 N–H and O–H groups in total. The molecule has 0 atom stereocenters. The van der Waals surface area contributed by atoms with Crippen molar-refractivity contribution >= 4 is 34.2 Å². The number of carbonyl (C=O) groups excluding carboxylic acids is 2. The summed E-state index contributed by atoms with van der Waals surface area (Å²) in [6, 6.07) is 10.9. The van der Waals surface area contributed by atoms with Crippen LogP contribution in [-0.4, -0.2) is 25.0 Å². The maximum Gasteiger partial charge on any atom is 0.258 e. The summed E-state index contributed by atoms with van der Waals surface area (Å²) in [5, 5.41) is 4.64. The molecule has 2 aromatic rings. The van der Waals surface area contributed by atoms with Crippen LogP contribution in [0, 0.1) is 0 Å². The second kappa shape index (κ2) is 6.25. The molecule has 104 valence electrons. The fourth-order valence-electron chi connectivity index (χ4n) is 1.74. The van der Waals surface area contributed by atoms with E-state index < -0.39 is 11.8 Å². The van der Waals surface area contributed by atoms with E-state index in [1.807, 2.05) is 24.3 Å². The Kier molecular flexibility index (Phi) is 4.42. The maximum absolute atomic E-state index is 11.5. The molecule has 0 aliphatic carbocycles. The zero-order chi connectivity index (χ0) is 14.5. The van der Waals surface area contributed by atoms with Gasteiger partial charge in [-0.1, -0.05) is 35.9 Å². The van der Waals surface area contributed by atoms with E-state index in [9.17, 15) is 9.59 Å². The van der Waals surface area contributed by atoms with Crippen molar-refractivity contribution in [2.75, 3.05) is 13.2 Å². The van der Waals surface area contributed by atoms with E-state index in [-0.39, 0.29) is 13.2 Å². The van der Waals surface area contributed by atoms with Crippen LogP contribution in [0.2, 0.25) is 5.02 Å². The van der Waals surface area contributed by atoms with Gasteiger partial charge in [0.15, 0.2) is 6.61 Å². The summed E-state index contributed by atoms with van der Waals surface area (Å²) in [5.41, 5.74) is 4.93. The molecule has 2 aromatic carbocycles. The zero-order valence-electron chi connectivity index (χ0n) is 10.6. The van der Waals surface area contributed by atoms with Crippen LogP contribution in [0.25, 0.3) is 10.8 Å². The topological polar surface area (TPSA) is 81.4 Å². The standard InChI is InChI=1S/C14H13ClN2O3/c15-11-5-6-12(10-4-2-1-3-9(10)11)20-8-14(19)17-7-13(16)18/h1-6H,7-8H2,(H2,16,18)(H,17,19). The first-order valence-corrected chi connectivity index (χ1v) is 6.31. The third-order valence-electron chi connectivity index (χ3n) is 2.65. The number of hydrogen-bond acceptors (Lipinski definition) is 3. The number of carbonyl (C=O) groups is 2. The third kappa shape index (κ3) is 3.39. The minimum absolute atomic E-state index is 0.196. The number of amides is 2. The zero-order valence-corrected chi connectivity index (χ0v) is 11.3. The van der Waals surface area contributed by atoms with Gasteiger partial charge >= 0.3 is 0 Å². The average molecular weight is 293 g/mol. The summed E-state index contributed by atoms with van der Waals surface area (Å²) >= 11 is 6.09. The molecule has 0 heterocycles. The molecule has 0 bridgehead atoms. The number of halogens is 1. The molecule has 0 unspecified atom stereocenters. The van der Waals surface area contributed by atoms with E-state index >= 15 is 0 Å². The number of rotatable bonds is 5. The van der Waals surface area contributed by atoms with Gasteiger partial charge < -0.3 is 15.8 Å². The Morgan fingerprint density at radius 2 is 1.85 bits per heavy atom. The van der Waals surface area contributed by atoms with Gasteiger partial charge in [0.25, 0.3) is 5.91 Å². The van der Waals surface area contributed by atoms with Gasteiger partial charge in [-0.25, -0.2) is 0 Å². The molecule has 0 spiro atoms. The highest BCUT2D eigenvalue weighted by Gasteiger charge is 2.08. The summed E-state index contributed by atoms with van der Waals surface area (Å²) in [5.74, 6) is -0.461. The van der Waals surface area contributed by atoms with Crippen LogP contribution in [0.1, 0.15) is 0 Å². The smallest absolute Gasteiger partial charge is 0.258 e. The summed E-state index contributed by atoms with van der Waals surface area (Å²) in [6.07, 6.45) is 0. The van der Waals surface area contributed by atoms with Crippen molar-refractivity contribution in [2.24, 2.45) is 5.73 Å². The van der Waals surface area contributed by atoms with Crippen LogP contribution in [0.5, 0.6) is 5.75 Å². The van der Waals surface area contributed by atoms with Crippen molar-refractivity contribution in [3.63, 3.8) is 0 Å². The maximum atomic E-state index is 11.5. The van der Waals surface area contributed by atoms with E-state index in [1.54, 1.807) is 12.1 Å². The third-order valence-corrected chi connectivity index (χ3v) is 2.98. The minimum Gasteiger partial charge on any atom is -0.483 e. The lowest BCUT2D eigenvalue weighted by Gasteiger charge is -2.10. The van der Waals surface area contributed by atoms with Gasteiger partial charge in [0.1, 0.15) is 5.75 Å². The molecule has 0 saturated carbocycles. The number of ether oxygens (including phenoxy) is 1. The predicted molar refractivity (Wildman–Crippen MR) is 76.7 cm³/mol. The van der Waals surface area contributed by atoms with Crippen LogP contribution in [-0.2, 0) is 9.59 Å². The van der Waals surface area contributed by atoms with Gasteiger partial charge in [-0.3, -0.25) is 9.59 Å². The van der Waals surface area contributed by atoms with Crippen molar-refractivity contribution in [1.29, 1.82) is 0 Å². The molecule has 0 aliphatic rings. The Bertz CT molecular complexity index is 658. The highest BCUT2D eigenvalue weighted by molar-refractivity contribution is 6.35. The highest BCUT2D eigenvalue weighted by atomic mass is 35.5. The molecule has 2 rings (SSSR count). The Morgan fingerprint density at radius 1 is 1.15 bits per heavy atom. The fourth-order valence-corrected chi connectivity index (χ4v) is 1.97. The number of primary amides is 1. The molecule has 0 aromatic heterocycles. The first-order chi connectivity index (χ1) is 9.58. The van der Waals surface area contributed by atoms with Gasteiger partial charge in [0, 0.05) is 15.8 Å². The molecule has 0 aliphatic heterocycles. The van der Waals surface area contributed by atoms with Crippen LogP contribution in [0.4, 0.5) is 0 Å². The lowest BCUT2D eigenvalue weighted by Crippen LogP contribution is -2.36. The van der Waals surface area contributed by atoms with Crippen LogP contribution in [0.15, 0.2) is 36.4 Å². The Morgan fingerprint density at radius 3 is 2.55 bits per heavy atom. The van der Waals surface area contributed by atoms with E-state index in [0.29, 0.717) is 10.8 Å². The SMILES string of the molecule is NC(=O)CNC(=O)COc1ccc(Cl)c2ccccc12.